The van der Waals surface area contributed by atoms with Crippen molar-refractivity contribution in [3.05, 3.63) is 53.3 Å². The molecule has 3 rings (SSSR count). The van der Waals surface area contributed by atoms with Crippen molar-refractivity contribution in [2.24, 2.45) is 0 Å². The minimum Gasteiger partial charge on any atom is -0.436 e. The molecule has 0 spiro atoms. The highest BCUT2D eigenvalue weighted by Gasteiger charge is 2.12. The van der Waals surface area contributed by atoms with Gasteiger partial charge in [-0.05, 0) is 30.5 Å². The number of hydrogen-bond donors (Lipinski definition) is 0. The zero-order valence-electron chi connectivity index (χ0n) is 10.7. The van der Waals surface area contributed by atoms with E-state index in [1.54, 1.807) is 24.2 Å². The summed E-state index contributed by atoms with van der Waals surface area (Å²) >= 11 is 5.00. The second-order valence-electron chi connectivity index (χ2n) is 4.10. The van der Waals surface area contributed by atoms with E-state index in [9.17, 15) is 0 Å². The second-order valence-corrected chi connectivity index (χ2v) is 5.81. The molecule has 100 valence electrons. The molecule has 2 heterocycles. The van der Waals surface area contributed by atoms with E-state index in [1.807, 2.05) is 42.7 Å². The number of halogens is 1. The molecule has 0 aliphatic heterocycles. The summed E-state index contributed by atoms with van der Waals surface area (Å²) in [6.07, 6.45) is 5.51. The topological polar surface area (TPSA) is 38.9 Å². The van der Waals surface area contributed by atoms with E-state index in [4.69, 9.17) is 4.42 Å². The summed E-state index contributed by atoms with van der Waals surface area (Å²) in [4.78, 5) is 8.69. The van der Waals surface area contributed by atoms with Gasteiger partial charge in [0.25, 0.3) is 0 Å². The third-order valence-corrected chi connectivity index (χ3v) is 4.07. The molecule has 0 amide bonds. The minimum atomic E-state index is 0.598. The lowest BCUT2D eigenvalue weighted by Gasteiger charge is -2.01. The normalized spacial score (nSPS) is 10.7. The highest BCUT2D eigenvalue weighted by molar-refractivity contribution is 9.10. The Kier molecular flexibility index (Phi) is 3.89. The van der Waals surface area contributed by atoms with Crippen LogP contribution in [0.5, 0.6) is 0 Å². The Bertz CT molecular complexity index is 725. The lowest BCUT2D eigenvalue weighted by molar-refractivity contribution is 0.586. The Labute approximate surface area is 129 Å². The fraction of sp³-hybridized carbons (Fsp3) is 0.0667. The first-order valence-corrected chi connectivity index (χ1v) is 8.01. The van der Waals surface area contributed by atoms with Crippen molar-refractivity contribution in [3.63, 3.8) is 0 Å². The lowest BCUT2D eigenvalue weighted by Crippen LogP contribution is -1.84. The number of oxazole rings is 1. The number of thioether (sulfide) groups is 1. The SMILES string of the molecule is CSc1ncccc1-c1ncc(-c2ccc(Br)cc2)o1. The van der Waals surface area contributed by atoms with Gasteiger partial charge in [-0.1, -0.05) is 28.1 Å². The molecular formula is C15H11BrN2OS. The van der Waals surface area contributed by atoms with Crippen LogP contribution in [-0.2, 0) is 0 Å². The summed E-state index contributed by atoms with van der Waals surface area (Å²) in [7, 11) is 0. The first-order valence-electron chi connectivity index (χ1n) is 5.99. The summed E-state index contributed by atoms with van der Waals surface area (Å²) in [6, 6.07) is 11.8. The Hall–Kier alpha value is -1.59. The van der Waals surface area contributed by atoms with Gasteiger partial charge in [0.1, 0.15) is 5.03 Å². The van der Waals surface area contributed by atoms with Crippen molar-refractivity contribution in [2.75, 3.05) is 6.26 Å². The van der Waals surface area contributed by atoms with Crippen LogP contribution in [0.25, 0.3) is 22.8 Å². The van der Waals surface area contributed by atoms with Gasteiger partial charge in [0.2, 0.25) is 5.89 Å². The monoisotopic (exact) mass is 346 g/mol. The molecule has 0 radical (unpaired) electrons. The van der Waals surface area contributed by atoms with E-state index >= 15 is 0 Å². The standard InChI is InChI=1S/C15H11BrN2OS/c1-20-15-12(3-2-8-17-15)14-18-9-13(19-14)10-4-6-11(16)7-5-10/h2-9H,1H3. The highest BCUT2D eigenvalue weighted by atomic mass is 79.9. The Morgan fingerprint density at radius 3 is 2.65 bits per heavy atom. The quantitative estimate of drug-likeness (QED) is 0.633. The molecule has 3 nitrogen and oxygen atoms in total. The van der Waals surface area contributed by atoms with Crippen LogP contribution >= 0.6 is 27.7 Å². The summed E-state index contributed by atoms with van der Waals surface area (Å²) < 4.78 is 6.90. The third-order valence-electron chi connectivity index (χ3n) is 2.83. The van der Waals surface area contributed by atoms with E-state index in [-0.39, 0.29) is 0 Å². The summed E-state index contributed by atoms with van der Waals surface area (Å²) in [5.41, 5.74) is 1.92. The molecule has 1 aromatic carbocycles. The van der Waals surface area contributed by atoms with Gasteiger partial charge in [0.15, 0.2) is 5.76 Å². The molecular weight excluding hydrogens is 336 g/mol. The minimum absolute atomic E-state index is 0.598. The van der Waals surface area contributed by atoms with Gasteiger partial charge in [-0.25, -0.2) is 9.97 Å². The fourth-order valence-corrected chi connectivity index (χ4v) is 2.67. The van der Waals surface area contributed by atoms with E-state index in [0.717, 1.165) is 26.4 Å². The maximum absolute atomic E-state index is 5.86. The number of hydrogen-bond acceptors (Lipinski definition) is 4. The van der Waals surface area contributed by atoms with Gasteiger partial charge < -0.3 is 4.42 Å². The maximum Gasteiger partial charge on any atom is 0.229 e. The van der Waals surface area contributed by atoms with Gasteiger partial charge in [-0.3, -0.25) is 0 Å². The van der Waals surface area contributed by atoms with Crippen molar-refractivity contribution in [1.29, 1.82) is 0 Å². The zero-order chi connectivity index (χ0) is 13.9. The van der Waals surface area contributed by atoms with Crippen LogP contribution < -0.4 is 0 Å². The number of aromatic nitrogens is 2. The van der Waals surface area contributed by atoms with Crippen LogP contribution in [0.2, 0.25) is 0 Å². The molecule has 0 aliphatic rings. The molecule has 0 fully saturated rings. The van der Waals surface area contributed by atoms with Crippen LogP contribution in [0.1, 0.15) is 0 Å². The van der Waals surface area contributed by atoms with Gasteiger partial charge in [-0.15, -0.1) is 11.8 Å². The van der Waals surface area contributed by atoms with Gasteiger partial charge >= 0.3 is 0 Å². The predicted octanol–water partition coefficient (Wildman–Crippen LogP) is 4.89. The first kappa shape index (κ1) is 13.4. The molecule has 2 aromatic heterocycles. The van der Waals surface area contributed by atoms with Crippen LogP contribution in [0.3, 0.4) is 0 Å². The average Bonchev–Trinajstić information content (AvgIpc) is 2.97. The predicted molar refractivity (Wildman–Crippen MR) is 84.7 cm³/mol. The van der Waals surface area contributed by atoms with Crippen molar-refractivity contribution < 1.29 is 4.42 Å². The van der Waals surface area contributed by atoms with Crippen LogP contribution in [-0.4, -0.2) is 16.2 Å². The first-order chi connectivity index (χ1) is 9.78. The van der Waals surface area contributed by atoms with E-state index in [1.165, 1.54) is 0 Å². The highest BCUT2D eigenvalue weighted by Crippen LogP contribution is 2.31. The largest absolute Gasteiger partial charge is 0.436 e. The third kappa shape index (κ3) is 2.64. The van der Waals surface area contributed by atoms with Crippen molar-refractivity contribution in [2.45, 2.75) is 5.03 Å². The van der Waals surface area contributed by atoms with Crippen molar-refractivity contribution >= 4 is 27.7 Å². The number of nitrogens with zero attached hydrogens (tertiary/aromatic N) is 2. The summed E-state index contributed by atoms with van der Waals surface area (Å²) in [6.45, 7) is 0. The number of pyridine rings is 1. The number of benzene rings is 1. The Balaban J connectivity index is 2.00. The molecule has 0 bridgehead atoms. The maximum atomic E-state index is 5.86. The van der Waals surface area contributed by atoms with Crippen molar-refractivity contribution in [1.82, 2.24) is 9.97 Å². The average molecular weight is 347 g/mol. The molecule has 0 saturated carbocycles. The summed E-state index contributed by atoms with van der Waals surface area (Å²) in [5, 5.41) is 0.914. The Morgan fingerprint density at radius 2 is 1.90 bits per heavy atom. The second kappa shape index (κ2) is 5.81. The van der Waals surface area contributed by atoms with E-state index in [0.29, 0.717) is 5.89 Å². The van der Waals surface area contributed by atoms with E-state index < -0.39 is 0 Å². The smallest absolute Gasteiger partial charge is 0.229 e. The summed E-state index contributed by atoms with van der Waals surface area (Å²) in [5.74, 6) is 1.35. The number of rotatable bonds is 3. The van der Waals surface area contributed by atoms with Gasteiger partial charge in [0, 0.05) is 16.2 Å². The van der Waals surface area contributed by atoms with E-state index in [2.05, 4.69) is 25.9 Å². The van der Waals surface area contributed by atoms with Gasteiger partial charge in [0.05, 0.1) is 11.8 Å². The molecule has 0 N–H and O–H groups in total. The van der Waals surface area contributed by atoms with Crippen LogP contribution in [0.15, 0.2) is 62.7 Å². The molecule has 3 aromatic rings. The molecule has 5 heteroatoms. The molecule has 0 saturated heterocycles. The molecule has 20 heavy (non-hydrogen) atoms. The molecule has 0 atom stereocenters. The fourth-order valence-electron chi connectivity index (χ4n) is 1.86. The Morgan fingerprint density at radius 1 is 1.10 bits per heavy atom. The molecule has 0 aliphatic carbocycles. The lowest BCUT2D eigenvalue weighted by atomic mass is 10.2. The molecule has 0 unspecified atom stereocenters. The van der Waals surface area contributed by atoms with Gasteiger partial charge in [-0.2, -0.15) is 0 Å². The zero-order valence-corrected chi connectivity index (χ0v) is 13.1. The van der Waals surface area contributed by atoms with Crippen LogP contribution in [0.4, 0.5) is 0 Å². The van der Waals surface area contributed by atoms with Crippen molar-refractivity contribution in [3.8, 4) is 22.8 Å². The van der Waals surface area contributed by atoms with Crippen LogP contribution in [0, 0.1) is 0 Å².